The quantitative estimate of drug-likeness (QED) is 0.319. The Morgan fingerprint density at radius 3 is 2.12 bits per heavy atom. The van der Waals surface area contributed by atoms with Crippen LogP contribution in [-0.2, 0) is 26.2 Å². The predicted octanol–water partition coefficient (Wildman–Crippen LogP) is 5.36. The van der Waals surface area contributed by atoms with Gasteiger partial charge in [-0.1, -0.05) is 61.4 Å². The average Bonchev–Trinajstić information content (AvgIpc) is 2.92. The molecule has 9 heteroatoms. The molecule has 0 unspecified atom stereocenters. The van der Waals surface area contributed by atoms with Crippen LogP contribution in [0.5, 0.6) is 0 Å². The molecule has 214 valence electrons. The molecule has 0 aliphatic rings. The van der Waals surface area contributed by atoms with Crippen molar-refractivity contribution in [3.05, 3.63) is 95.3 Å². The summed E-state index contributed by atoms with van der Waals surface area (Å²) in [6.07, 6.45) is 1.06. The van der Waals surface area contributed by atoms with Gasteiger partial charge in [0, 0.05) is 12.6 Å². The second kappa shape index (κ2) is 13.6. The lowest BCUT2D eigenvalue weighted by Gasteiger charge is -2.33. The number of aryl methyl sites for hydroxylation is 2. The molecule has 0 saturated heterocycles. The van der Waals surface area contributed by atoms with Crippen molar-refractivity contribution in [3.8, 4) is 0 Å². The van der Waals surface area contributed by atoms with Gasteiger partial charge in [0.2, 0.25) is 11.8 Å². The van der Waals surface area contributed by atoms with Crippen LogP contribution in [0.1, 0.15) is 50.3 Å². The number of nitrogens with zero attached hydrogens (tertiary/aromatic N) is 2. The number of carbonyl (C=O) groups is 2. The smallest absolute Gasteiger partial charge is 0.264 e. The van der Waals surface area contributed by atoms with Crippen LogP contribution in [0.25, 0.3) is 0 Å². The topological polar surface area (TPSA) is 86.8 Å². The van der Waals surface area contributed by atoms with Crippen molar-refractivity contribution < 1.29 is 22.4 Å². The van der Waals surface area contributed by atoms with Crippen LogP contribution in [0.4, 0.5) is 10.1 Å². The summed E-state index contributed by atoms with van der Waals surface area (Å²) in [7, 11) is -4.20. The first-order valence-corrected chi connectivity index (χ1v) is 14.9. The highest BCUT2D eigenvalue weighted by Gasteiger charge is 2.34. The molecule has 0 saturated carbocycles. The zero-order chi connectivity index (χ0) is 29.4. The lowest BCUT2D eigenvalue weighted by molar-refractivity contribution is -0.140. The third-order valence-corrected chi connectivity index (χ3v) is 8.61. The molecule has 0 fully saturated rings. The molecule has 3 rings (SSSR count). The second-order valence-corrected chi connectivity index (χ2v) is 11.9. The molecule has 3 aromatic carbocycles. The van der Waals surface area contributed by atoms with Crippen molar-refractivity contribution >= 4 is 27.5 Å². The summed E-state index contributed by atoms with van der Waals surface area (Å²) in [5.41, 5.74) is 2.84. The molecule has 1 N–H and O–H groups in total. The zero-order valence-corrected chi connectivity index (χ0v) is 24.5. The molecular weight excluding hydrogens is 529 g/mol. The average molecular weight is 568 g/mol. The third-order valence-electron chi connectivity index (χ3n) is 6.82. The number of carbonyl (C=O) groups excluding carboxylic acids is 2. The van der Waals surface area contributed by atoms with E-state index in [1.54, 1.807) is 12.1 Å². The molecule has 2 amide bonds. The van der Waals surface area contributed by atoms with E-state index in [-0.39, 0.29) is 29.1 Å². The summed E-state index contributed by atoms with van der Waals surface area (Å²) in [6, 6.07) is 18.0. The van der Waals surface area contributed by atoms with E-state index in [0.29, 0.717) is 6.42 Å². The van der Waals surface area contributed by atoms with Crippen LogP contribution in [0.15, 0.2) is 77.7 Å². The maximum Gasteiger partial charge on any atom is 0.264 e. The van der Waals surface area contributed by atoms with E-state index in [1.807, 2.05) is 58.9 Å². The Balaban J connectivity index is 2.05. The Labute approximate surface area is 237 Å². The Morgan fingerprint density at radius 2 is 1.55 bits per heavy atom. The molecule has 0 aliphatic carbocycles. The lowest BCUT2D eigenvalue weighted by Crippen LogP contribution is -2.53. The van der Waals surface area contributed by atoms with Crippen molar-refractivity contribution in [1.82, 2.24) is 10.2 Å². The molecule has 0 aliphatic heterocycles. The molecular formula is C31H38FN3O4S. The first-order chi connectivity index (χ1) is 19.0. The van der Waals surface area contributed by atoms with Gasteiger partial charge in [0.1, 0.15) is 18.4 Å². The first kappa shape index (κ1) is 30.8. The van der Waals surface area contributed by atoms with E-state index in [9.17, 15) is 22.4 Å². The van der Waals surface area contributed by atoms with Crippen molar-refractivity contribution in [2.75, 3.05) is 10.8 Å². The van der Waals surface area contributed by atoms with Gasteiger partial charge in [-0.3, -0.25) is 13.9 Å². The highest BCUT2D eigenvalue weighted by Crippen LogP contribution is 2.25. The highest BCUT2D eigenvalue weighted by atomic mass is 32.2. The normalized spacial score (nSPS) is 12.8. The molecule has 0 heterocycles. The van der Waals surface area contributed by atoms with E-state index < -0.39 is 34.3 Å². The largest absolute Gasteiger partial charge is 0.352 e. The fraction of sp³-hybridized carbons (Fsp3) is 0.355. The van der Waals surface area contributed by atoms with Crippen LogP contribution in [0.2, 0.25) is 0 Å². The fourth-order valence-corrected chi connectivity index (χ4v) is 5.76. The number of anilines is 1. The number of sulfonamides is 1. The van der Waals surface area contributed by atoms with Crippen LogP contribution >= 0.6 is 0 Å². The number of benzene rings is 3. The van der Waals surface area contributed by atoms with Gasteiger partial charge in [-0.2, -0.15) is 0 Å². The SMILES string of the molecule is CC[C@@H](C)NC(=O)[C@H](CC)N(Cc1cccc(C)c1)C(=O)CN(c1ccc(F)cc1)S(=O)(=O)c1ccc(C)cc1. The van der Waals surface area contributed by atoms with Gasteiger partial charge in [-0.25, -0.2) is 12.8 Å². The number of hydrogen-bond acceptors (Lipinski definition) is 4. The van der Waals surface area contributed by atoms with E-state index >= 15 is 0 Å². The summed E-state index contributed by atoms with van der Waals surface area (Å²) in [5, 5.41) is 2.96. The minimum Gasteiger partial charge on any atom is -0.352 e. The maximum atomic E-state index is 14.0. The number of halogens is 1. The summed E-state index contributed by atoms with van der Waals surface area (Å²) >= 11 is 0. The van der Waals surface area contributed by atoms with Gasteiger partial charge in [0.15, 0.2) is 0 Å². The number of hydrogen-bond donors (Lipinski definition) is 1. The molecule has 0 radical (unpaired) electrons. The van der Waals surface area contributed by atoms with Crippen LogP contribution < -0.4 is 9.62 Å². The molecule has 0 aromatic heterocycles. The maximum absolute atomic E-state index is 14.0. The minimum atomic E-state index is -4.20. The van der Waals surface area contributed by atoms with Gasteiger partial charge < -0.3 is 10.2 Å². The predicted molar refractivity (Wildman–Crippen MR) is 156 cm³/mol. The molecule has 40 heavy (non-hydrogen) atoms. The third kappa shape index (κ3) is 7.69. The van der Waals surface area contributed by atoms with E-state index in [1.165, 1.54) is 29.2 Å². The molecule has 0 spiro atoms. The summed E-state index contributed by atoms with van der Waals surface area (Å²) in [6.45, 7) is 9.00. The fourth-order valence-electron chi connectivity index (χ4n) is 4.34. The van der Waals surface area contributed by atoms with Crippen molar-refractivity contribution in [3.63, 3.8) is 0 Å². The molecule has 2 atom stereocenters. The molecule has 0 bridgehead atoms. The zero-order valence-electron chi connectivity index (χ0n) is 23.7. The van der Waals surface area contributed by atoms with E-state index in [0.717, 1.165) is 39.5 Å². The number of rotatable bonds is 12. The number of amides is 2. The highest BCUT2D eigenvalue weighted by molar-refractivity contribution is 7.92. The Morgan fingerprint density at radius 1 is 0.900 bits per heavy atom. The van der Waals surface area contributed by atoms with Gasteiger partial charge >= 0.3 is 0 Å². The van der Waals surface area contributed by atoms with Crippen LogP contribution in [0.3, 0.4) is 0 Å². The second-order valence-electron chi connectivity index (χ2n) is 10.1. The van der Waals surface area contributed by atoms with Crippen molar-refractivity contribution in [2.24, 2.45) is 0 Å². The van der Waals surface area contributed by atoms with Gasteiger partial charge in [-0.05, 0) is 75.6 Å². The number of nitrogens with one attached hydrogen (secondary N) is 1. The summed E-state index contributed by atoms with van der Waals surface area (Å²) in [5.74, 6) is -1.38. The van der Waals surface area contributed by atoms with Crippen LogP contribution in [-0.4, -0.2) is 43.8 Å². The standard InChI is InChI=1S/C31H38FN3O4S/c1-6-24(5)33-31(37)29(7-2)34(20-25-10-8-9-23(4)19-25)30(36)21-35(27-15-13-26(32)14-16-27)40(38,39)28-17-11-22(3)12-18-28/h8-19,24,29H,6-7,20-21H2,1-5H3,(H,33,37)/t24-,29+/m1/s1. The van der Waals surface area contributed by atoms with Crippen molar-refractivity contribution in [2.45, 2.75) is 71.0 Å². The lowest BCUT2D eigenvalue weighted by atomic mass is 10.1. The first-order valence-electron chi connectivity index (χ1n) is 13.5. The Kier molecular flexibility index (Phi) is 10.5. The van der Waals surface area contributed by atoms with Crippen molar-refractivity contribution in [1.29, 1.82) is 0 Å². The Bertz CT molecular complexity index is 1410. The minimum absolute atomic E-state index is 0.00187. The molecule has 7 nitrogen and oxygen atoms in total. The summed E-state index contributed by atoms with van der Waals surface area (Å²) < 4.78 is 42.4. The Hall–Kier alpha value is -3.72. The van der Waals surface area contributed by atoms with Crippen LogP contribution in [0, 0.1) is 19.7 Å². The van der Waals surface area contributed by atoms with Gasteiger partial charge in [-0.15, -0.1) is 0 Å². The monoisotopic (exact) mass is 567 g/mol. The van der Waals surface area contributed by atoms with Gasteiger partial charge in [0.05, 0.1) is 10.6 Å². The summed E-state index contributed by atoms with van der Waals surface area (Å²) in [4.78, 5) is 28.8. The molecule has 3 aromatic rings. The van der Waals surface area contributed by atoms with E-state index in [2.05, 4.69) is 5.32 Å². The van der Waals surface area contributed by atoms with E-state index in [4.69, 9.17) is 0 Å². The van der Waals surface area contributed by atoms with Gasteiger partial charge in [0.25, 0.3) is 10.0 Å².